The number of amides is 2. The van der Waals surface area contributed by atoms with E-state index in [4.69, 9.17) is 0 Å². The van der Waals surface area contributed by atoms with Gasteiger partial charge in [0.2, 0.25) is 11.8 Å². The molecule has 1 fully saturated rings. The third-order valence-electron chi connectivity index (χ3n) is 5.65. The molecule has 3 aromatic carbocycles. The second-order valence-corrected chi connectivity index (χ2v) is 9.58. The molecule has 2 N–H and O–H groups in total. The Balaban J connectivity index is 1.36. The van der Waals surface area contributed by atoms with Crippen LogP contribution >= 0.6 is 11.3 Å². The van der Waals surface area contributed by atoms with Crippen molar-refractivity contribution in [1.29, 1.82) is 0 Å². The van der Waals surface area contributed by atoms with Crippen LogP contribution < -0.4 is 15.4 Å². The third-order valence-corrected chi connectivity index (χ3v) is 6.59. The fourth-order valence-electron chi connectivity index (χ4n) is 3.81. The SMILES string of the molecule is O=C(Cc1cccc(OC(F)(F)F)c1)Nc1c(F)cccc1-c1ccc2nc(NC(=O)C3CC3)sc2c1. The summed E-state index contributed by atoms with van der Waals surface area (Å²) in [5.74, 6) is -1.73. The van der Waals surface area contributed by atoms with E-state index in [-0.39, 0.29) is 29.5 Å². The zero-order valence-corrected chi connectivity index (χ0v) is 19.9. The number of fused-ring (bicyclic) bond motifs is 1. The molecule has 4 aromatic rings. The molecule has 5 rings (SSSR count). The standard InChI is InChI=1S/C26H19F4N3O3S/c27-19-6-2-5-18(16-9-10-20-21(13-16)37-25(31-20)33-24(35)15-7-8-15)23(19)32-22(34)12-14-3-1-4-17(11-14)36-26(28,29)30/h1-6,9-11,13,15H,7-8,12H2,(H,32,34)(H,31,33,35). The Morgan fingerprint density at radius 1 is 1.03 bits per heavy atom. The number of rotatable bonds is 7. The Kier molecular flexibility index (Phi) is 6.55. The number of thiazole rings is 1. The maximum absolute atomic E-state index is 14.8. The first-order valence-corrected chi connectivity index (χ1v) is 12.1. The lowest BCUT2D eigenvalue weighted by atomic mass is 10.0. The number of alkyl halides is 3. The first-order valence-electron chi connectivity index (χ1n) is 11.3. The van der Waals surface area contributed by atoms with E-state index >= 15 is 0 Å². The Morgan fingerprint density at radius 3 is 2.57 bits per heavy atom. The van der Waals surface area contributed by atoms with Gasteiger partial charge in [-0.2, -0.15) is 0 Å². The number of nitrogens with zero attached hydrogens (tertiary/aromatic N) is 1. The molecule has 6 nitrogen and oxygen atoms in total. The number of para-hydroxylation sites is 1. The molecule has 1 saturated carbocycles. The van der Waals surface area contributed by atoms with Gasteiger partial charge in [0.25, 0.3) is 0 Å². The molecule has 1 heterocycles. The molecular formula is C26H19F4N3O3S. The molecule has 0 aliphatic heterocycles. The smallest absolute Gasteiger partial charge is 0.406 e. The van der Waals surface area contributed by atoms with Crippen molar-refractivity contribution in [3.05, 3.63) is 72.0 Å². The highest BCUT2D eigenvalue weighted by molar-refractivity contribution is 7.22. The number of hydrogen-bond donors (Lipinski definition) is 2. The van der Waals surface area contributed by atoms with E-state index in [0.29, 0.717) is 21.8 Å². The summed E-state index contributed by atoms with van der Waals surface area (Å²) >= 11 is 1.29. The minimum Gasteiger partial charge on any atom is -0.406 e. The fourth-order valence-corrected chi connectivity index (χ4v) is 4.72. The molecule has 1 aliphatic carbocycles. The first-order chi connectivity index (χ1) is 17.6. The Morgan fingerprint density at radius 2 is 1.81 bits per heavy atom. The van der Waals surface area contributed by atoms with E-state index in [2.05, 4.69) is 20.4 Å². The minimum atomic E-state index is -4.86. The molecule has 0 radical (unpaired) electrons. The van der Waals surface area contributed by atoms with Crippen LogP contribution in [0.25, 0.3) is 21.3 Å². The molecule has 2 amide bonds. The third kappa shape index (κ3) is 6.05. The van der Waals surface area contributed by atoms with Crippen molar-refractivity contribution < 1.29 is 31.9 Å². The lowest BCUT2D eigenvalue weighted by Crippen LogP contribution is -2.18. The zero-order valence-electron chi connectivity index (χ0n) is 19.1. The van der Waals surface area contributed by atoms with Crippen molar-refractivity contribution in [3.8, 4) is 16.9 Å². The van der Waals surface area contributed by atoms with Crippen LogP contribution in [-0.4, -0.2) is 23.2 Å². The molecule has 1 aliphatic rings. The monoisotopic (exact) mass is 529 g/mol. The highest BCUT2D eigenvalue weighted by atomic mass is 32.1. The van der Waals surface area contributed by atoms with Gasteiger partial charge >= 0.3 is 6.36 Å². The molecule has 0 bridgehead atoms. The van der Waals surface area contributed by atoms with Gasteiger partial charge in [0.1, 0.15) is 11.6 Å². The van der Waals surface area contributed by atoms with E-state index in [1.165, 1.54) is 35.6 Å². The van der Waals surface area contributed by atoms with Crippen LogP contribution in [0, 0.1) is 11.7 Å². The Bertz CT molecular complexity index is 1500. The molecular weight excluding hydrogens is 510 g/mol. The van der Waals surface area contributed by atoms with Gasteiger partial charge in [-0.3, -0.25) is 9.59 Å². The van der Waals surface area contributed by atoms with Gasteiger partial charge in [-0.25, -0.2) is 9.37 Å². The van der Waals surface area contributed by atoms with Crippen LogP contribution in [0.4, 0.5) is 28.4 Å². The Labute approximate surface area is 212 Å². The van der Waals surface area contributed by atoms with E-state index in [1.807, 2.05) is 0 Å². The Hall–Kier alpha value is -3.99. The number of halogens is 4. The molecule has 0 spiro atoms. The average Bonchev–Trinajstić information content (AvgIpc) is 3.60. The molecule has 11 heteroatoms. The average molecular weight is 530 g/mol. The van der Waals surface area contributed by atoms with Crippen molar-refractivity contribution in [3.63, 3.8) is 0 Å². The molecule has 190 valence electrons. The number of hydrogen-bond acceptors (Lipinski definition) is 5. The summed E-state index contributed by atoms with van der Waals surface area (Å²) in [7, 11) is 0. The van der Waals surface area contributed by atoms with Gasteiger partial charge in [0, 0.05) is 11.5 Å². The first kappa shape index (κ1) is 24.7. The molecule has 37 heavy (non-hydrogen) atoms. The fraction of sp³-hybridized carbons (Fsp3) is 0.192. The van der Waals surface area contributed by atoms with Gasteiger partial charge < -0.3 is 15.4 Å². The van der Waals surface area contributed by atoms with Crippen LogP contribution in [0.5, 0.6) is 5.75 Å². The number of nitrogens with one attached hydrogen (secondary N) is 2. The second kappa shape index (κ2) is 9.81. The zero-order chi connectivity index (χ0) is 26.2. The highest BCUT2D eigenvalue weighted by Crippen LogP contribution is 2.36. The van der Waals surface area contributed by atoms with Crippen molar-refractivity contribution in [2.24, 2.45) is 5.92 Å². The largest absolute Gasteiger partial charge is 0.573 e. The van der Waals surface area contributed by atoms with Crippen molar-refractivity contribution in [2.45, 2.75) is 25.6 Å². The highest BCUT2D eigenvalue weighted by Gasteiger charge is 2.31. The van der Waals surface area contributed by atoms with Crippen molar-refractivity contribution in [1.82, 2.24) is 4.98 Å². The number of benzene rings is 3. The minimum absolute atomic E-state index is 0.0423. The summed E-state index contributed by atoms with van der Waals surface area (Å²) in [6.45, 7) is 0. The summed E-state index contributed by atoms with van der Waals surface area (Å²) < 4.78 is 57.0. The van der Waals surface area contributed by atoms with Crippen LogP contribution in [0.1, 0.15) is 18.4 Å². The van der Waals surface area contributed by atoms with Gasteiger partial charge in [-0.15, -0.1) is 13.2 Å². The number of aromatic nitrogens is 1. The maximum atomic E-state index is 14.8. The van der Waals surface area contributed by atoms with Crippen molar-refractivity contribution >= 4 is 44.2 Å². The summed E-state index contributed by atoms with van der Waals surface area (Å²) in [6.07, 6.45) is -3.39. The molecule has 0 unspecified atom stereocenters. The summed E-state index contributed by atoms with van der Waals surface area (Å²) in [5, 5.41) is 5.85. The predicted octanol–water partition coefficient (Wildman–Crippen LogP) is 6.53. The van der Waals surface area contributed by atoms with Crippen LogP contribution in [0.3, 0.4) is 0 Å². The summed E-state index contributed by atoms with van der Waals surface area (Å²) in [4.78, 5) is 29.2. The number of anilines is 2. The lowest BCUT2D eigenvalue weighted by molar-refractivity contribution is -0.274. The van der Waals surface area contributed by atoms with E-state index in [9.17, 15) is 27.2 Å². The molecule has 1 aromatic heterocycles. The van der Waals surface area contributed by atoms with E-state index in [0.717, 1.165) is 29.7 Å². The second-order valence-electron chi connectivity index (χ2n) is 8.55. The summed E-state index contributed by atoms with van der Waals surface area (Å²) in [6, 6.07) is 14.7. The topological polar surface area (TPSA) is 80.3 Å². The van der Waals surface area contributed by atoms with Crippen LogP contribution in [-0.2, 0) is 16.0 Å². The van der Waals surface area contributed by atoms with Gasteiger partial charge in [-0.1, -0.05) is 41.7 Å². The van der Waals surface area contributed by atoms with E-state index in [1.54, 1.807) is 24.3 Å². The number of carbonyl (C=O) groups is 2. The lowest BCUT2D eigenvalue weighted by Gasteiger charge is -2.13. The normalized spacial score (nSPS) is 13.4. The predicted molar refractivity (Wildman–Crippen MR) is 132 cm³/mol. The van der Waals surface area contributed by atoms with Gasteiger partial charge in [0.15, 0.2) is 5.13 Å². The number of ether oxygens (including phenoxy) is 1. The van der Waals surface area contributed by atoms with Crippen molar-refractivity contribution in [2.75, 3.05) is 10.6 Å². The maximum Gasteiger partial charge on any atom is 0.573 e. The van der Waals surface area contributed by atoms with Crippen LogP contribution in [0.2, 0.25) is 0 Å². The number of carbonyl (C=O) groups excluding carboxylic acids is 2. The summed E-state index contributed by atoms with van der Waals surface area (Å²) in [5.41, 5.74) is 1.92. The quantitative estimate of drug-likeness (QED) is 0.267. The molecule has 0 atom stereocenters. The van der Waals surface area contributed by atoms with Gasteiger partial charge in [-0.05, 0) is 54.3 Å². The van der Waals surface area contributed by atoms with Gasteiger partial charge in [0.05, 0.1) is 22.3 Å². The molecule has 0 saturated heterocycles. The van der Waals surface area contributed by atoms with Crippen LogP contribution in [0.15, 0.2) is 60.7 Å². The van der Waals surface area contributed by atoms with E-state index < -0.39 is 23.8 Å².